The van der Waals surface area contributed by atoms with Crippen LogP contribution in [0.15, 0.2) is 24.3 Å². The first-order chi connectivity index (χ1) is 5.83. The minimum atomic E-state index is 1.12. The Bertz CT molecular complexity index is 403. The Kier molecular flexibility index (Phi) is 2.37. The minimum Gasteiger partial charge on any atom is -0.140 e. The Morgan fingerprint density at radius 2 is 2.08 bits per heavy atom. The van der Waals surface area contributed by atoms with Gasteiger partial charge in [-0.2, -0.15) is 0 Å². The summed E-state index contributed by atoms with van der Waals surface area (Å²) < 4.78 is 2.54. The fourth-order valence-electron chi connectivity index (χ4n) is 1.39. The van der Waals surface area contributed by atoms with E-state index in [0.717, 1.165) is 4.43 Å². The molecular weight excluding hydrogens is 279 g/mol. The van der Waals surface area contributed by atoms with Crippen molar-refractivity contribution in [2.45, 2.75) is 11.4 Å². The van der Waals surface area contributed by atoms with E-state index in [9.17, 15) is 0 Å². The first kappa shape index (κ1) is 8.51. The van der Waals surface area contributed by atoms with E-state index in [-0.39, 0.29) is 0 Å². The summed E-state index contributed by atoms with van der Waals surface area (Å²) in [4.78, 5) is 1.46. The van der Waals surface area contributed by atoms with Crippen LogP contribution >= 0.6 is 33.9 Å². The smallest absolute Gasteiger partial charge is 0.0348 e. The van der Waals surface area contributed by atoms with Gasteiger partial charge in [0.25, 0.3) is 0 Å². The Balaban J connectivity index is 2.81. The fourth-order valence-corrected chi connectivity index (χ4v) is 3.71. The monoisotopic (exact) mass is 288 g/mol. The lowest BCUT2D eigenvalue weighted by Gasteiger charge is -1.92. The zero-order valence-corrected chi connectivity index (χ0v) is 9.78. The maximum Gasteiger partial charge on any atom is 0.0348 e. The highest BCUT2D eigenvalue weighted by Crippen LogP contribution is 2.31. The lowest BCUT2D eigenvalue weighted by molar-refractivity contribution is 1.46. The summed E-state index contributed by atoms with van der Waals surface area (Å²) in [5.41, 5.74) is 1.51. The molecule has 0 amide bonds. The first-order valence-corrected chi connectivity index (χ1v) is 6.20. The van der Waals surface area contributed by atoms with Crippen molar-refractivity contribution >= 4 is 44.0 Å². The molecule has 0 unspecified atom stereocenters. The molecular formula is C10H9IS. The topological polar surface area (TPSA) is 0 Å². The van der Waals surface area contributed by atoms with Gasteiger partial charge in [-0.1, -0.05) is 40.8 Å². The Morgan fingerprint density at radius 3 is 2.83 bits per heavy atom. The molecule has 1 aromatic heterocycles. The SMILES string of the molecule is Cc1sc2ccccc2c1CI. The number of rotatable bonds is 1. The number of hydrogen-bond donors (Lipinski definition) is 0. The van der Waals surface area contributed by atoms with Crippen molar-refractivity contribution in [2.24, 2.45) is 0 Å². The summed E-state index contributed by atoms with van der Waals surface area (Å²) in [5, 5.41) is 1.44. The van der Waals surface area contributed by atoms with Gasteiger partial charge in [-0.3, -0.25) is 0 Å². The second-order valence-corrected chi connectivity index (χ2v) is 4.79. The second-order valence-electron chi connectivity index (χ2n) is 2.77. The normalized spacial score (nSPS) is 10.8. The predicted octanol–water partition coefficient (Wildman–Crippen LogP) is 4.14. The molecule has 2 aromatic rings. The molecule has 0 aliphatic heterocycles. The summed E-state index contributed by atoms with van der Waals surface area (Å²) in [5.74, 6) is 0. The molecule has 0 atom stereocenters. The van der Waals surface area contributed by atoms with E-state index >= 15 is 0 Å². The van der Waals surface area contributed by atoms with E-state index in [1.165, 1.54) is 20.5 Å². The van der Waals surface area contributed by atoms with Crippen molar-refractivity contribution in [3.05, 3.63) is 34.7 Å². The van der Waals surface area contributed by atoms with Crippen LogP contribution in [-0.4, -0.2) is 0 Å². The van der Waals surface area contributed by atoms with Crippen LogP contribution < -0.4 is 0 Å². The molecule has 0 fully saturated rings. The van der Waals surface area contributed by atoms with Crippen molar-refractivity contribution in [2.75, 3.05) is 0 Å². The predicted molar refractivity (Wildman–Crippen MR) is 64.3 cm³/mol. The molecule has 12 heavy (non-hydrogen) atoms. The zero-order chi connectivity index (χ0) is 8.55. The van der Waals surface area contributed by atoms with Crippen LogP contribution in [-0.2, 0) is 4.43 Å². The number of thiophene rings is 1. The van der Waals surface area contributed by atoms with E-state index in [1.54, 1.807) is 0 Å². The molecule has 1 heterocycles. The molecule has 0 N–H and O–H groups in total. The third-order valence-electron chi connectivity index (χ3n) is 2.03. The van der Waals surface area contributed by atoms with Crippen molar-refractivity contribution < 1.29 is 0 Å². The zero-order valence-electron chi connectivity index (χ0n) is 6.80. The molecule has 2 heteroatoms. The van der Waals surface area contributed by atoms with E-state index in [1.807, 2.05) is 11.3 Å². The number of hydrogen-bond acceptors (Lipinski definition) is 1. The average molecular weight is 288 g/mol. The maximum atomic E-state index is 2.43. The molecule has 0 radical (unpaired) electrons. The molecule has 1 aromatic carbocycles. The molecule has 2 rings (SSSR count). The molecule has 0 aliphatic carbocycles. The van der Waals surface area contributed by atoms with Gasteiger partial charge >= 0.3 is 0 Å². The molecule has 62 valence electrons. The van der Waals surface area contributed by atoms with Crippen LogP contribution in [0, 0.1) is 6.92 Å². The molecule has 0 spiro atoms. The highest BCUT2D eigenvalue weighted by atomic mass is 127. The van der Waals surface area contributed by atoms with Crippen LogP contribution in [0.3, 0.4) is 0 Å². The number of halogens is 1. The van der Waals surface area contributed by atoms with Crippen LogP contribution in [0.4, 0.5) is 0 Å². The minimum absolute atomic E-state index is 1.12. The summed E-state index contributed by atoms with van der Waals surface area (Å²) in [7, 11) is 0. The summed E-state index contributed by atoms with van der Waals surface area (Å²) in [6, 6.07) is 8.63. The number of aryl methyl sites for hydroxylation is 1. The second kappa shape index (κ2) is 3.34. The van der Waals surface area contributed by atoms with Crippen molar-refractivity contribution in [1.82, 2.24) is 0 Å². The maximum absolute atomic E-state index is 2.43. The van der Waals surface area contributed by atoms with Gasteiger partial charge in [0.1, 0.15) is 0 Å². The molecule has 0 nitrogen and oxygen atoms in total. The van der Waals surface area contributed by atoms with E-state index in [0.29, 0.717) is 0 Å². The number of benzene rings is 1. The van der Waals surface area contributed by atoms with Crippen LogP contribution in [0.5, 0.6) is 0 Å². The largest absolute Gasteiger partial charge is 0.140 e. The van der Waals surface area contributed by atoms with Crippen LogP contribution in [0.2, 0.25) is 0 Å². The van der Waals surface area contributed by atoms with Gasteiger partial charge in [-0.25, -0.2) is 0 Å². The quantitative estimate of drug-likeness (QED) is 0.546. The molecule has 0 saturated heterocycles. The van der Waals surface area contributed by atoms with Gasteiger partial charge in [-0.15, -0.1) is 11.3 Å². The number of fused-ring (bicyclic) bond motifs is 1. The highest BCUT2D eigenvalue weighted by molar-refractivity contribution is 14.1. The number of alkyl halides is 1. The Morgan fingerprint density at radius 1 is 1.33 bits per heavy atom. The average Bonchev–Trinajstić information content (AvgIpc) is 2.40. The molecule has 0 bridgehead atoms. The lowest BCUT2D eigenvalue weighted by Crippen LogP contribution is -1.75. The van der Waals surface area contributed by atoms with Crippen molar-refractivity contribution in [3.8, 4) is 0 Å². The van der Waals surface area contributed by atoms with Crippen LogP contribution in [0.1, 0.15) is 10.4 Å². The van der Waals surface area contributed by atoms with Gasteiger partial charge in [0.05, 0.1) is 0 Å². The molecule has 0 saturated carbocycles. The van der Waals surface area contributed by atoms with E-state index < -0.39 is 0 Å². The Labute approximate surface area is 89.7 Å². The van der Waals surface area contributed by atoms with Gasteiger partial charge < -0.3 is 0 Å². The Hall–Kier alpha value is -0.0900. The highest BCUT2D eigenvalue weighted by Gasteiger charge is 2.05. The third kappa shape index (κ3) is 1.27. The molecule has 0 aliphatic rings. The summed E-state index contributed by atoms with van der Waals surface area (Å²) in [6.45, 7) is 2.21. The van der Waals surface area contributed by atoms with Gasteiger partial charge in [-0.05, 0) is 23.9 Å². The first-order valence-electron chi connectivity index (χ1n) is 3.86. The van der Waals surface area contributed by atoms with Gasteiger partial charge in [0, 0.05) is 14.0 Å². The standard InChI is InChI=1S/C10H9IS/c1-7-9(6-11)8-4-2-3-5-10(8)12-7/h2-5H,6H2,1H3. The fraction of sp³-hybridized carbons (Fsp3) is 0.200. The van der Waals surface area contributed by atoms with Gasteiger partial charge in [0.15, 0.2) is 0 Å². The van der Waals surface area contributed by atoms with Crippen molar-refractivity contribution in [3.63, 3.8) is 0 Å². The van der Waals surface area contributed by atoms with Crippen molar-refractivity contribution in [1.29, 1.82) is 0 Å². The summed E-state index contributed by atoms with van der Waals surface area (Å²) in [6.07, 6.45) is 0. The lowest BCUT2D eigenvalue weighted by atomic mass is 10.2. The van der Waals surface area contributed by atoms with E-state index in [2.05, 4.69) is 53.8 Å². The summed E-state index contributed by atoms with van der Waals surface area (Å²) >= 11 is 4.33. The van der Waals surface area contributed by atoms with Gasteiger partial charge in [0.2, 0.25) is 0 Å². The van der Waals surface area contributed by atoms with E-state index in [4.69, 9.17) is 0 Å². The van der Waals surface area contributed by atoms with Crippen LogP contribution in [0.25, 0.3) is 10.1 Å². The third-order valence-corrected chi connectivity index (χ3v) is 3.93.